The van der Waals surface area contributed by atoms with E-state index in [4.69, 9.17) is 0 Å². The van der Waals surface area contributed by atoms with Crippen LogP contribution < -0.4 is 10.6 Å². The molecule has 1 atom stereocenters. The summed E-state index contributed by atoms with van der Waals surface area (Å²) < 4.78 is 2.33. The van der Waals surface area contributed by atoms with Gasteiger partial charge in [0.25, 0.3) is 0 Å². The molecule has 2 aromatic heterocycles. The van der Waals surface area contributed by atoms with E-state index in [-0.39, 0.29) is 6.03 Å². The number of carbonyl (C=O) groups excluding carboxylic acids is 1. The zero-order valence-corrected chi connectivity index (χ0v) is 14.0. The third-order valence-electron chi connectivity index (χ3n) is 4.58. The molecule has 0 saturated heterocycles. The van der Waals surface area contributed by atoms with Crippen molar-refractivity contribution in [1.82, 2.24) is 19.7 Å². The predicted molar refractivity (Wildman–Crippen MR) is 95.7 cm³/mol. The fourth-order valence-electron chi connectivity index (χ4n) is 3.43. The van der Waals surface area contributed by atoms with Crippen LogP contribution in [0.1, 0.15) is 36.0 Å². The molecule has 3 heterocycles. The second-order valence-corrected chi connectivity index (χ2v) is 6.25. The second kappa shape index (κ2) is 6.43. The monoisotopic (exact) mass is 336 g/mol. The second-order valence-electron chi connectivity index (χ2n) is 6.25. The van der Waals surface area contributed by atoms with Crippen LogP contribution >= 0.6 is 0 Å². The number of aromatic amines is 1. The van der Waals surface area contributed by atoms with Gasteiger partial charge in [0, 0.05) is 23.6 Å². The highest BCUT2D eigenvalue weighted by Gasteiger charge is 2.23. The molecule has 7 nitrogen and oxygen atoms in total. The van der Waals surface area contributed by atoms with E-state index in [2.05, 4.69) is 49.4 Å². The first-order valence-electron chi connectivity index (χ1n) is 8.41. The molecule has 0 radical (unpaired) electrons. The van der Waals surface area contributed by atoms with E-state index in [1.807, 2.05) is 18.3 Å². The number of aromatic nitrogens is 4. The van der Waals surface area contributed by atoms with E-state index in [0.29, 0.717) is 11.9 Å². The molecule has 3 N–H and O–H groups in total. The Balaban J connectivity index is 1.47. The first kappa shape index (κ1) is 15.4. The van der Waals surface area contributed by atoms with Crippen LogP contribution in [-0.2, 0) is 6.42 Å². The van der Waals surface area contributed by atoms with Gasteiger partial charge in [-0.2, -0.15) is 5.10 Å². The molecule has 1 aliphatic rings. The lowest BCUT2D eigenvalue weighted by Gasteiger charge is -2.27. The van der Waals surface area contributed by atoms with Gasteiger partial charge in [-0.05, 0) is 43.9 Å². The largest absolute Gasteiger partial charge is 0.325 e. The number of aryl methyl sites for hydroxylation is 2. The third kappa shape index (κ3) is 3.13. The van der Waals surface area contributed by atoms with Gasteiger partial charge in [0.1, 0.15) is 11.6 Å². The van der Waals surface area contributed by atoms with Crippen LogP contribution in [0.4, 0.5) is 16.3 Å². The summed E-state index contributed by atoms with van der Waals surface area (Å²) in [6.07, 6.45) is 6.93. The zero-order valence-electron chi connectivity index (χ0n) is 14.0. The van der Waals surface area contributed by atoms with Gasteiger partial charge >= 0.3 is 6.03 Å². The van der Waals surface area contributed by atoms with Crippen molar-refractivity contribution in [3.63, 3.8) is 0 Å². The first-order chi connectivity index (χ1) is 12.2. The molecule has 4 rings (SSSR count). The Kier molecular flexibility index (Phi) is 3.97. The lowest BCUT2D eigenvalue weighted by Crippen LogP contribution is -2.21. The van der Waals surface area contributed by atoms with Crippen LogP contribution in [0.15, 0.2) is 42.7 Å². The maximum absolute atomic E-state index is 12.0. The number of nitrogens with one attached hydrogen (secondary N) is 3. The fourth-order valence-corrected chi connectivity index (χ4v) is 3.43. The van der Waals surface area contributed by atoms with Crippen LogP contribution in [0, 0.1) is 6.92 Å². The summed E-state index contributed by atoms with van der Waals surface area (Å²) in [5, 5.41) is 12.0. The summed E-state index contributed by atoms with van der Waals surface area (Å²) in [6.45, 7) is 2.05. The van der Waals surface area contributed by atoms with Crippen LogP contribution in [0.2, 0.25) is 0 Å². The van der Waals surface area contributed by atoms with Crippen LogP contribution in [0.5, 0.6) is 0 Å². The Labute approximate surface area is 145 Å². The maximum atomic E-state index is 12.0. The van der Waals surface area contributed by atoms with Crippen molar-refractivity contribution in [1.29, 1.82) is 0 Å². The molecule has 3 aromatic rings. The normalized spacial score (nSPS) is 16.3. The molecule has 7 heteroatoms. The van der Waals surface area contributed by atoms with Gasteiger partial charge in [-0.15, -0.1) is 0 Å². The topological polar surface area (TPSA) is 87.6 Å². The minimum absolute atomic E-state index is 0.303. The van der Waals surface area contributed by atoms with Gasteiger partial charge < -0.3 is 9.88 Å². The molecular weight excluding hydrogens is 316 g/mol. The van der Waals surface area contributed by atoms with E-state index >= 15 is 0 Å². The smallest absolute Gasteiger partial charge is 0.324 e. The molecule has 0 spiro atoms. The van der Waals surface area contributed by atoms with Crippen LogP contribution in [-0.4, -0.2) is 25.8 Å². The molecule has 2 amide bonds. The molecule has 0 unspecified atom stereocenters. The average molecular weight is 336 g/mol. The minimum Gasteiger partial charge on any atom is -0.325 e. The number of carbonyl (C=O) groups is 1. The van der Waals surface area contributed by atoms with Crippen molar-refractivity contribution in [2.45, 2.75) is 32.2 Å². The zero-order chi connectivity index (χ0) is 17.2. The summed E-state index contributed by atoms with van der Waals surface area (Å²) in [6, 6.07) is 9.72. The number of H-pyrrole nitrogens is 1. The van der Waals surface area contributed by atoms with Crippen molar-refractivity contribution < 1.29 is 4.79 Å². The number of hydrogen-bond acceptors (Lipinski definition) is 3. The van der Waals surface area contributed by atoms with Crippen molar-refractivity contribution in [3.05, 3.63) is 59.8 Å². The van der Waals surface area contributed by atoms with Crippen LogP contribution in [0.3, 0.4) is 0 Å². The Morgan fingerprint density at radius 1 is 1.24 bits per heavy atom. The van der Waals surface area contributed by atoms with Crippen LogP contribution in [0.25, 0.3) is 0 Å². The summed E-state index contributed by atoms with van der Waals surface area (Å²) >= 11 is 0. The number of fused-ring (bicyclic) bond motifs is 1. The van der Waals surface area contributed by atoms with Gasteiger partial charge in [-0.25, -0.2) is 9.78 Å². The SMILES string of the molecule is Cc1ncc2n1[C@H](c1ccc(NC(=O)Nc3ccn[nH]3)cc1)CCC2. The average Bonchev–Trinajstić information content (AvgIpc) is 3.26. The Morgan fingerprint density at radius 3 is 2.84 bits per heavy atom. The minimum atomic E-state index is -0.303. The highest BCUT2D eigenvalue weighted by Crippen LogP contribution is 2.32. The van der Waals surface area contributed by atoms with Gasteiger partial charge in [0.2, 0.25) is 0 Å². The van der Waals surface area contributed by atoms with Crippen molar-refractivity contribution in [2.24, 2.45) is 0 Å². The molecule has 0 aliphatic carbocycles. The van der Waals surface area contributed by atoms with E-state index in [9.17, 15) is 4.79 Å². The van der Waals surface area contributed by atoms with Crippen molar-refractivity contribution >= 4 is 17.5 Å². The summed E-state index contributed by atoms with van der Waals surface area (Å²) in [7, 11) is 0. The summed E-state index contributed by atoms with van der Waals surface area (Å²) in [5.74, 6) is 1.61. The van der Waals surface area contributed by atoms with Crippen molar-refractivity contribution in [2.75, 3.05) is 10.6 Å². The van der Waals surface area contributed by atoms with E-state index < -0.39 is 0 Å². The third-order valence-corrected chi connectivity index (χ3v) is 4.58. The standard InChI is InChI=1S/C18H20N6O/c1-12-19-11-15-3-2-4-16(24(12)15)13-5-7-14(8-6-13)21-18(25)22-17-9-10-20-23-17/h5-11,16H,2-4H2,1H3,(H3,20,21,22,23,25)/t16-/m0/s1. The molecule has 1 aromatic carbocycles. The summed E-state index contributed by atoms with van der Waals surface area (Å²) in [5.41, 5.74) is 3.29. The lowest BCUT2D eigenvalue weighted by molar-refractivity contribution is 0.262. The highest BCUT2D eigenvalue weighted by molar-refractivity contribution is 5.99. The van der Waals surface area contributed by atoms with Gasteiger partial charge in [0.05, 0.1) is 12.2 Å². The number of amides is 2. The first-order valence-corrected chi connectivity index (χ1v) is 8.41. The van der Waals surface area contributed by atoms with Gasteiger partial charge in [-0.1, -0.05) is 12.1 Å². The molecular formula is C18H20N6O. The number of hydrogen-bond donors (Lipinski definition) is 3. The lowest BCUT2D eigenvalue weighted by atomic mass is 9.96. The molecule has 1 aliphatic heterocycles. The number of nitrogens with zero attached hydrogens (tertiary/aromatic N) is 3. The van der Waals surface area contributed by atoms with E-state index in [1.54, 1.807) is 12.3 Å². The fraction of sp³-hybridized carbons (Fsp3) is 0.278. The number of anilines is 2. The Morgan fingerprint density at radius 2 is 2.08 bits per heavy atom. The van der Waals surface area contributed by atoms with Crippen molar-refractivity contribution in [3.8, 4) is 0 Å². The van der Waals surface area contributed by atoms with Gasteiger partial charge in [0.15, 0.2) is 0 Å². The number of imidazole rings is 1. The Hall–Kier alpha value is -3.09. The molecule has 128 valence electrons. The number of rotatable bonds is 3. The Bertz CT molecular complexity index is 866. The van der Waals surface area contributed by atoms with E-state index in [0.717, 1.165) is 24.4 Å². The molecule has 25 heavy (non-hydrogen) atoms. The predicted octanol–water partition coefficient (Wildman–Crippen LogP) is 3.48. The quantitative estimate of drug-likeness (QED) is 0.684. The van der Waals surface area contributed by atoms with Gasteiger partial charge in [-0.3, -0.25) is 10.4 Å². The number of urea groups is 1. The van der Waals surface area contributed by atoms with E-state index in [1.165, 1.54) is 17.7 Å². The summed E-state index contributed by atoms with van der Waals surface area (Å²) in [4.78, 5) is 16.4. The molecule has 0 saturated carbocycles. The maximum Gasteiger partial charge on any atom is 0.324 e. The molecule has 0 bridgehead atoms. The molecule has 0 fully saturated rings. The highest BCUT2D eigenvalue weighted by atomic mass is 16.2. The number of benzene rings is 1.